The van der Waals surface area contributed by atoms with Crippen molar-refractivity contribution in [3.63, 3.8) is 0 Å². The number of carbonyl (C=O) groups excluding carboxylic acids is 1. The maximum absolute atomic E-state index is 13.1. The van der Waals surface area contributed by atoms with Gasteiger partial charge in [0.1, 0.15) is 12.4 Å². The Kier molecular flexibility index (Phi) is 6.94. The number of likely N-dealkylation sites (tertiary alicyclic amines) is 1. The Morgan fingerprint density at radius 1 is 1.10 bits per heavy atom. The molecule has 0 radical (unpaired) electrons. The summed E-state index contributed by atoms with van der Waals surface area (Å²) >= 11 is 0. The number of ether oxygens (including phenoxy) is 2. The van der Waals surface area contributed by atoms with Crippen molar-refractivity contribution < 1.29 is 18.8 Å². The molecule has 0 saturated carbocycles. The molecule has 1 unspecified atom stereocenters. The summed E-state index contributed by atoms with van der Waals surface area (Å²) in [4.78, 5) is 19.5. The number of aromatic nitrogens is 2. The lowest BCUT2D eigenvalue weighted by molar-refractivity contribution is -0.134. The van der Waals surface area contributed by atoms with Gasteiger partial charge in [-0.2, -0.15) is 4.98 Å². The first-order valence-electron chi connectivity index (χ1n) is 10.6. The highest BCUT2D eigenvalue weighted by Crippen LogP contribution is 2.30. The van der Waals surface area contributed by atoms with E-state index in [4.69, 9.17) is 14.0 Å². The first kappa shape index (κ1) is 21.1. The molecule has 2 heterocycles. The zero-order chi connectivity index (χ0) is 21.5. The molecule has 1 atom stereocenters. The number of amides is 1. The number of hydrogen-bond acceptors (Lipinski definition) is 6. The van der Waals surface area contributed by atoms with Crippen molar-refractivity contribution in [2.24, 2.45) is 0 Å². The van der Waals surface area contributed by atoms with Gasteiger partial charge in [-0.1, -0.05) is 47.6 Å². The van der Waals surface area contributed by atoms with Crippen LogP contribution >= 0.6 is 0 Å². The van der Waals surface area contributed by atoms with Crippen molar-refractivity contribution in [1.29, 1.82) is 0 Å². The number of methoxy groups -OCH3 is 1. The van der Waals surface area contributed by atoms with Gasteiger partial charge in [0, 0.05) is 6.54 Å². The van der Waals surface area contributed by atoms with Gasteiger partial charge >= 0.3 is 0 Å². The van der Waals surface area contributed by atoms with E-state index in [0.717, 1.165) is 36.1 Å². The van der Waals surface area contributed by atoms with Gasteiger partial charge in [-0.05, 0) is 42.5 Å². The molecule has 1 saturated heterocycles. The summed E-state index contributed by atoms with van der Waals surface area (Å²) in [6.45, 7) is 1.42. The summed E-state index contributed by atoms with van der Waals surface area (Å²) in [5.41, 5.74) is 2.01. The zero-order valence-electron chi connectivity index (χ0n) is 17.7. The van der Waals surface area contributed by atoms with Crippen LogP contribution in [0.15, 0.2) is 59.1 Å². The van der Waals surface area contributed by atoms with E-state index in [2.05, 4.69) is 10.1 Å². The predicted molar refractivity (Wildman–Crippen MR) is 114 cm³/mol. The number of benzene rings is 2. The molecule has 0 aliphatic carbocycles. The average Bonchev–Trinajstić information content (AvgIpc) is 3.29. The maximum Gasteiger partial charge on any atom is 0.252 e. The fourth-order valence-corrected chi connectivity index (χ4v) is 3.85. The highest BCUT2D eigenvalue weighted by molar-refractivity contribution is 5.79. The maximum atomic E-state index is 13.1. The number of carbonyl (C=O) groups is 1. The second-order valence-corrected chi connectivity index (χ2v) is 7.65. The van der Waals surface area contributed by atoms with Crippen molar-refractivity contribution in [3.8, 4) is 5.75 Å². The lowest BCUT2D eigenvalue weighted by Crippen LogP contribution is -2.39. The third-order valence-electron chi connectivity index (χ3n) is 5.43. The van der Waals surface area contributed by atoms with E-state index in [9.17, 15) is 4.79 Å². The Morgan fingerprint density at radius 2 is 1.94 bits per heavy atom. The molecule has 1 aliphatic rings. The molecule has 7 nitrogen and oxygen atoms in total. The summed E-state index contributed by atoms with van der Waals surface area (Å²) in [5, 5.41) is 4.15. The number of rotatable bonds is 8. The Balaban J connectivity index is 1.38. The van der Waals surface area contributed by atoms with E-state index in [1.807, 2.05) is 59.5 Å². The van der Waals surface area contributed by atoms with Gasteiger partial charge in [0.15, 0.2) is 5.82 Å². The molecule has 2 aromatic carbocycles. The molecule has 1 aromatic heterocycles. The van der Waals surface area contributed by atoms with E-state index in [-0.39, 0.29) is 18.6 Å². The second-order valence-electron chi connectivity index (χ2n) is 7.65. The number of nitrogens with zero attached hydrogens (tertiary/aromatic N) is 3. The number of piperidine rings is 1. The van der Waals surface area contributed by atoms with Crippen LogP contribution in [0.1, 0.15) is 48.1 Å². The van der Waals surface area contributed by atoms with Gasteiger partial charge < -0.3 is 18.9 Å². The molecule has 7 heteroatoms. The minimum atomic E-state index is -0.168. The van der Waals surface area contributed by atoms with E-state index in [0.29, 0.717) is 31.3 Å². The van der Waals surface area contributed by atoms with Crippen molar-refractivity contribution in [3.05, 3.63) is 77.4 Å². The largest absolute Gasteiger partial charge is 0.497 e. The molecular formula is C24H27N3O4. The quantitative estimate of drug-likeness (QED) is 0.545. The zero-order valence-corrected chi connectivity index (χ0v) is 17.7. The molecule has 3 aromatic rings. The summed E-state index contributed by atoms with van der Waals surface area (Å²) in [6, 6.07) is 17.4. The molecule has 0 bridgehead atoms. The molecule has 31 heavy (non-hydrogen) atoms. The molecule has 4 rings (SSSR count). The fraction of sp³-hybridized carbons (Fsp3) is 0.375. The lowest BCUT2D eigenvalue weighted by atomic mass is 10.00. The van der Waals surface area contributed by atoms with E-state index in [1.165, 1.54) is 0 Å². The van der Waals surface area contributed by atoms with Crippen LogP contribution in [0.25, 0.3) is 0 Å². The first-order chi connectivity index (χ1) is 15.2. The Bertz CT molecular complexity index is 989. The van der Waals surface area contributed by atoms with Gasteiger partial charge in [-0.15, -0.1) is 0 Å². The highest BCUT2D eigenvalue weighted by Gasteiger charge is 2.31. The van der Waals surface area contributed by atoms with Gasteiger partial charge in [0.25, 0.3) is 5.89 Å². The fourth-order valence-electron chi connectivity index (χ4n) is 3.85. The molecular weight excluding hydrogens is 394 g/mol. The van der Waals surface area contributed by atoms with Crippen LogP contribution in [0.2, 0.25) is 0 Å². The molecule has 1 aliphatic heterocycles. The summed E-state index contributed by atoms with van der Waals surface area (Å²) in [5.74, 6) is 1.79. The second kappa shape index (κ2) is 10.2. The van der Waals surface area contributed by atoms with Gasteiger partial charge in [0.05, 0.1) is 26.2 Å². The smallest absolute Gasteiger partial charge is 0.252 e. The standard InChI is InChI=1S/C24H27N3O4/c1-29-20-11-7-10-19(14-20)15-23(28)27-13-6-5-12-21(27)24-25-22(31-26-24)17-30-16-18-8-3-2-4-9-18/h2-4,7-11,14,21H,5-6,12-13,15-17H2,1H3. The lowest BCUT2D eigenvalue weighted by Gasteiger charge is -2.34. The first-order valence-corrected chi connectivity index (χ1v) is 10.6. The predicted octanol–water partition coefficient (Wildman–Crippen LogP) is 4.09. The Morgan fingerprint density at radius 3 is 2.77 bits per heavy atom. The minimum Gasteiger partial charge on any atom is -0.497 e. The molecule has 162 valence electrons. The third kappa shape index (κ3) is 5.49. The van der Waals surface area contributed by atoms with Crippen LogP contribution in [0.4, 0.5) is 0 Å². The molecule has 1 fully saturated rings. The monoisotopic (exact) mass is 421 g/mol. The van der Waals surface area contributed by atoms with E-state index < -0.39 is 0 Å². The van der Waals surface area contributed by atoms with Crippen LogP contribution < -0.4 is 4.74 Å². The van der Waals surface area contributed by atoms with Crippen molar-refractivity contribution in [2.45, 2.75) is 44.9 Å². The highest BCUT2D eigenvalue weighted by atomic mass is 16.5. The van der Waals surface area contributed by atoms with Crippen molar-refractivity contribution >= 4 is 5.91 Å². The van der Waals surface area contributed by atoms with Crippen LogP contribution in [-0.2, 0) is 29.2 Å². The molecule has 1 amide bonds. The topological polar surface area (TPSA) is 77.7 Å². The minimum absolute atomic E-state index is 0.0598. The van der Waals surface area contributed by atoms with Gasteiger partial charge in [-0.25, -0.2) is 0 Å². The van der Waals surface area contributed by atoms with Crippen LogP contribution in [-0.4, -0.2) is 34.6 Å². The van der Waals surface area contributed by atoms with E-state index >= 15 is 0 Å². The van der Waals surface area contributed by atoms with Crippen molar-refractivity contribution in [1.82, 2.24) is 15.0 Å². The third-order valence-corrected chi connectivity index (χ3v) is 5.43. The SMILES string of the molecule is COc1cccc(CC(=O)N2CCCCC2c2noc(COCc3ccccc3)n2)c1. The Hall–Kier alpha value is -3.19. The van der Waals surface area contributed by atoms with Crippen molar-refractivity contribution in [2.75, 3.05) is 13.7 Å². The van der Waals surface area contributed by atoms with Crippen LogP contribution in [0.5, 0.6) is 5.75 Å². The average molecular weight is 421 g/mol. The molecule has 0 N–H and O–H groups in total. The van der Waals surface area contributed by atoms with Gasteiger partial charge in [0.2, 0.25) is 5.91 Å². The van der Waals surface area contributed by atoms with Crippen LogP contribution in [0.3, 0.4) is 0 Å². The molecule has 0 spiro atoms. The normalized spacial score (nSPS) is 16.3. The van der Waals surface area contributed by atoms with Crippen LogP contribution in [0, 0.1) is 0 Å². The van der Waals surface area contributed by atoms with E-state index in [1.54, 1.807) is 7.11 Å². The number of hydrogen-bond donors (Lipinski definition) is 0. The Labute approximate surface area is 182 Å². The summed E-state index contributed by atoms with van der Waals surface area (Å²) in [7, 11) is 1.62. The summed E-state index contributed by atoms with van der Waals surface area (Å²) in [6.07, 6.45) is 3.15. The summed E-state index contributed by atoms with van der Waals surface area (Å²) < 4.78 is 16.4. The van der Waals surface area contributed by atoms with Gasteiger partial charge in [-0.3, -0.25) is 4.79 Å².